The van der Waals surface area contributed by atoms with Gasteiger partial charge in [-0.25, -0.2) is 0 Å². The number of carboxylic acids is 1. The van der Waals surface area contributed by atoms with E-state index in [1.54, 1.807) is 62.6 Å². The number of amides is 2. The van der Waals surface area contributed by atoms with Gasteiger partial charge in [0.1, 0.15) is 11.5 Å². The van der Waals surface area contributed by atoms with Gasteiger partial charge in [-0.05, 0) is 79.4 Å². The fraction of sp³-hybridized carbons (Fsp3) is 0.300. The van der Waals surface area contributed by atoms with Crippen LogP contribution in [-0.4, -0.2) is 48.8 Å². The monoisotopic (exact) mass is 567 g/mol. The normalized spacial score (nSPS) is 12.1. The molecule has 10 heteroatoms. The molecule has 0 aromatic heterocycles. The summed E-state index contributed by atoms with van der Waals surface area (Å²) in [5.74, 6) is -0.326. The van der Waals surface area contributed by atoms with Crippen LogP contribution in [-0.2, 0) is 27.2 Å². The molecule has 0 bridgehead atoms. The zero-order valence-electron chi connectivity index (χ0n) is 22.5. The fourth-order valence-corrected chi connectivity index (χ4v) is 4.14. The topological polar surface area (TPSA) is 126 Å². The number of anilines is 1. The molecule has 40 heavy (non-hydrogen) atoms. The molecule has 0 aliphatic carbocycles. The van der Waals surface area contributed by atoms with Gasteiger partial charge in [0.15, 0.2) is 5.66 Å². The van der Waals surface area contributed by atoms with E-state index in [4.69, 9.17) is 26.2 Å². The maximum Gasteiger partial charge on any atom is 0.303 e. The first-order chi connectivity index (χ1) is 19.2. The second-order valence-corrected chi connectivity index (χ2v) is 9.77. The number of halogens is 1. The molecule has 9 nitrogen and oxygen atoms in total. The highest BCUT2D eigenvalue weighted by Gasteiger charge is 2.34. The third-order valence-electron chi connectivity index (χ3n) is 6.01. The second-order valence-electron chi connectivity index (χ2n) is 9.33. The SMILES string of the molecule is COc1ccc(CCNC(=O)C(C)(NC(=O)Cc2cccc(Cl)c2)Nc2ccc(OCCCC(=O)O)cc2)cc1. The van der Waals surface area contributed by atoms with Crippen molar-refractivity contribution < 1.29 is 29.0 Å². The predicted octanol–water partition coefficient (Wildman–Crippen LogP) is 4.44. The molecule has 0 aliphatic rings. The second kappa shape index (κ2) is 14.8. The predicted molar refractivity (Wildman–Crippen MR) is 154 cm³/mol. The minimum Gasteiger partial charge on any atom is -0.497 e. The van der Waals surface area contributed by atoms with Crippen molar-refractivity contribution in [2.45, 2.75) is 38.3 Å². The third kappa shape index (κ3) is 9.81. The molecule has 0 aliphatic heterocycles. The first kappa shape index (κ1) is 30.3. The van der Waals surface area contributed by atoms with E-state index in [-0.39, 0.29) is 25.4 Å². The van der Waals surface area contributed by atoms with Crippen LogP contribution in [0.1, 0.15) is 30.9 Å². The van der Waals surface area contributed by atoms with Gasteiger partial charge in [-0.1, -0.05) is 35.9 Å². The number of benzene rings is 3. The van der Waals surface area contributed by atoms with E-state index in [9.17, 15) is 14.4 Å². The molecule has 1 atom stereocenters. The Morgan fingerprint density at radius 1 is 0.950 bits per heavy atom. The minimum absolute atomic E-state index is 0.0282. The van der Waals surface area contributed by atoms with Gasteiger partial charge < -0.3 is 30.5 Å². The fourth-order valence-electron chi connectivity index (χ4n) is 3.93. The summed E-state index contributed by atoms with van der Waals surface area (Å²) < 4.78 is 10.8. The van der Waals surface area contributed by atoms with E-state index in [2.05, 4.69) is 16.0 Å². The summed E-state index contributed by atoms with van der Waals surface area (Å²) >= 11 is 6.06. The van der Waals surface area contributed by atoms with Crippen LogP contribution >= 0.6 is 11.6 Å². The molecule has 0 heterocycles. The van der Waals surface area contributed by atoms with Crippen molar-refractivity contribution in [2.24, 2.45) is 0 Å². The number of aliphatic carboxylic acids is 1. The summed E-state index contributed by atoms with van der Waals surface area (Å²) in [6.45, 7) is 2.23. The molecule has 3 rings (SSSR count). The van der Waals surface area contributed by atoms with Gasteiger partial charge in [0.25, 0.3) is 5.91 Å². The highest BCUT2D eigenvalue weighted by molar-refractivity contribution is 6.30. The molecule has 0 fully saturated rings. The Kier molecular flexibility index (Phi) is 11.2. The average molecular weight is 568 g/mol. The standard InChI is InChI=1S/C30H34ClN3O6/c1-30(34-27(35)20-22-5-3-6-23(31)19-22,29(38)32-17-16-21-8-12-25(39-2)13-9-21)33-24-10-14-26(15-11-24)40-18-4-7-28(36)37/h3,5-6,8-15,19,33H,4,7,16-18,20H2,1-2H3,(H,32,38)(H,34,35)(H,36,37). The number of rotatable bonds is 15. The first-order valence-corrected chi connectivity index (χ1v) is 13.2. The summed E-state index contributed by atoms with van der Waals surface area (Å²) in [7, 11) is 1.60. The van der Waals surface area contributed by atoms with Crippen LogP contribution < -0.4 is 25.4 Å². The van der Waals surface area contributed by atoms with E-state index < -0.39 is 17.5 Å². The summed E-state index contributed by atoms with van der Waals surface area (Å²) in [4.78, 5) is 37.0. The lowest BCUT2D eigenvalue weighted by molar-refractivity contribution is -0.137. The molecular weight excluding hydrogens is 534 g/mol. The zero-order chi connectivity index (χ0) is 29.0. The van der Waals surface area contributed by atoms with Crippen molar-refractivity contribution in [1.29, 1.82) is 0 Å². The van der Waals surface area contributed by atoms with Crippen LogP contribution in [0.5, 0.6) is 11.5 Å². The quantitative estimate of drug-likeness (QED) is 0.158. The maximum absolute atomic E-state index is 13.4. The minimum atomic E-state index is -1.47. The van der Waals surface area contributed by atoms with Crippen molar-refractivity contribution >= 4 is 35.1 Å². The van der Waals surface area contributed by atoms with Crippen molar-refractivity contribution in [3.8, 4) is 11.5 Å². The highest BCUT2D eigenvalue weighted by atomic mass is 35.5. The van der Waals surface area contributed by atoms with Crippen LogP contribution in [0.4, 0.5) is 5.69 Å². The summed E-state index contributed by atoms with van der Waals surface area (Å²) in [6.07, 6.45) is 1.06. The van der Waals surface area contributed by atoms with Gasteiger partial charge in [0, 0.05) is 23.7 Å². The molecule has 212 valence electrons. The average Bonchev–Trinajstić information content (AvgIpc) is 2.92. The zero-order valence-corrected chi connectivity index (χ0v) is 23.3. The molecule has 0 radical (unpaired) electrons. The Bertz CT molecular complexity index is 1280. The van der Waals surface area contributed by atoms with Crippen LogP contribution in [0.25, 0.3) is 0 Å². The molecule has 3 aromatic carbocycles. The summed E-state index contributed by atoms with van der Waals surface area (Å²) in [6, 6.07) is 21.4. The number of methoxy groups -OCH3 is 1. The van der Waals surface area contributed by atoms with Crippen LogP contribution in [0.15, 0.2) is 72.8 Å². The maximum atomic E-state index is 13.4. The van der Waals surface area contributed by atoms with E-state index in [1.165, 1.54) is 0 Å². The Morgan fingerprint density at radius 2 is 1.65 bits per heavy atom. The van der Waals surface area contributed by atoms with E-state index in [0.717, 1.165) is 16.9 Å². The van der Waals surface area contributed by atoms with Crippen LogP contribution in [0.2, 0.25) is 5.02 Å². The molecule has 3 aromatic rings. The highest BCUT2D eigenvalue weighted by Crippen LogP contribution is 2.20. The number of carboxylic acid groups (broad SMARTS) is 1. The molecule has 0 saturated carbocycles. The number of carbonyl (C=O) groups is 3. The third-order valence-corrected chi connectivity index (χ3v) is 6.24. The van der Waals surface area contributed by atoms with Gasteiger partial charge in [-0.3, -0.25) is 14.4 Å². The number of carbonyl (C=O) groups excluding carboxylic acids is 2. The Morgan fingerprint density at radius 3 is 2.30 bits per heavy atom. The van der Waals surface area contributed by atoms with Gasteiger partial charge in [-0.15, -0.1) is 0 Å². The van der Waals surface area contributed by atoms with Crippen molar-refractivity contribution in [3.63, 3.8) is 0 Å². The molecule has 1 unspecified atom stereocenters. The molecular formula is C30H34ClN3O6. The van der Waals surface area contributed by atoms with Crippen molar-refractivity contribution in [3.05, 3.63) is 88.9 Å². The van der Waals surface area contributed by atoms with E-state index in [0.29, 0.717) is 35.8 Å². The van der Waals surface area contributed by atoms with Crippen molar-refractivity contribution in [1.82, 2.24) is 10.6 Å². The molecule has 0 saturated heterocycles. The van der Waals surface area contributed by atoms with Crippen LogP contribution in [0.3, 0.4) is 0 Å². The number of ether oxygens (including phenoxy) is 2. The summed E-state index contributed by atoms with van der Waals surface area (Å²) in [5, 5.41) is 18.2. The lowest BCUT2D eigenvalue weighted by Gasteiger charge is -2.32. The van der Waals surface area contributed by atoms with Crippen molar-refractivity contribution in [2.75, 3.05) is 25.6 Å². The smallest absolute Gasteiger partial charge is 0.303 e. The largest absolute Gasteiger partial charge is 0.497 e. The molecule has 2 amide bonds. The molecule has 0 spiro atoms. The number of hydrogen-bond donors (Lipinski definition) is 4. The van der Waals surface area contributed by atoms with Gasteiger partial charge >= 0.3 is 5.97 Å². The van der Waals surface area contributed by atoms with Gasteiger partial charge in [0.05, 0.1) is 20.1 Å². The summed E-state index contributed by atoms with van der Waals surface area (Å²) in [5.41, 5.74) is 0.851. The van der Waals surface area contributed by atoms with Gasteiger partial charge in [0.2, 0.25) is 5.91 Å². The van der Waals surface area contributed by atoms with Gasteiger partial charge in [-0.2, -0.15) is 0 Å². The number of hydrogen-bond acceptors (Lipinski definition) is 6. The van der Waals surface area contributed by atoms with Crippen LogP contribution in [0, 0.1) is 0 Å². The lowest BCUT2D eigenvalue weighted by Crippen LogP contribution is -2.62. The van der Waals surface area contributed by atoms with E-state index in [1.807, 2.05) is 24.3 Å². The molecule has 4 N–H and O–H groups in total. The Labute approximate surface area is 238 Å². The Hall–Kier alpha value is -4.24. The number of nitrogens with one attached hydrogen (secondary N) is 3. The lowest BCUT2D eigenvalue weighted by atomic mass is 10.1. The van der Waals surface area contributed by atoms with E-state index >= 15 is 0 Å². The first-order valence-electron chi connectivity index (χ1n) is 12.9. The Balaban J connectivity index is 1.67.